The van der Waals surface area contributed by atoms with E-state index < -0.39 is 5.60 Å². The van der Waals surface area contributed by atoms with Crippen LogP contribution in [0.25, 0.3) is 0 Å². The van der Waals surface area contributed by atoms with Gasteiger partial charge in [-0.15, -0.1) is 6.58 Å². The van der Waals surface area contributed by atoms with E-state index in [9.17, 15) is 5.11 Å². The molecule has 0 aromatic heterocycles. The first-order chi connectivity index (χ1) is 6.20. The number of aliphatic hydroxyl groups is 1. The van der Waals surface area contributed by atoms with Gasteiger partial charge >= 0.3 is 0 Å². The largest absolute Gasteiger partial charge is 0.386 e. The summed E-state index contributed by atoms with van der Waals surface area (Å²) in [6.45, 7) is 5.93. The third-order valence-corrected chi connectivity index (χ3v) is 3.32. The van der Waals surface area contributed by atoms with Gasteiger partial charge in [0, 0.05) is 0 Å². The van der Waals surface area contributed by atoms with Crippen LogP contribution in [-0.4, -0.2) is 10.7 Å². The smallest absolute Gasteiger partial charge is 0.0825 e. The molecule has 1 rings (SSSR count). The van der Waals surface area contributed by atoms with E-state index in [1.807, 2.05) is 0 Å². The molecule has 1 aliphatic rings. The van der Waals surface area contributed by atoms with Crippen LogP contribution in [0.5, 0.6) is 0 Å². The maximum absolute atomic E-state index is 9.91. The second kappa shape index (κ2) is 4.80. The first-order valence-electron chi connectivity index (χ1n) is 5.56. The summed E-state index contributed by atoms with van der Waals surface area (Å²) in [7, 11) is 0. The topological polar surface area (TPSA) is 20.2 Å². The van der Waals surface area contributed by atoms with Crippen LogP contribution >= 0.6 is 0 Å². The number of rotatable bonds is 4. The SMILES string of the molecule is C=CC1(O)CCC(CCCC)CC1. The van der Waals surface area contributed by atoms with Crippen molar-refractivity contribution in [3.63, 3.8) is 0 Å². The van der Waals surface area contributed by atoms with Crippen molar-refractivity contribution in [3.8, 4) is 0 Å². The van der Waals surface area contributed by atoms with Crippen LogP contribution in [0.2, 0.25) is 0 Å². The molecule has 1 saturated carbocycles. The van der Waals surface area contributed by atoms with Crippen molar-refractivity contribution >= 4 is 0 Å². The molecule has 0 radical (unpaired) electrons. The van der Waals surface area contributed by atoms with Gasteiger partial charge in [-0.1, -0.05) is 32.3 Å². The van der Waals surface area contributed by atoms with Crippen LogP contribution in [0.1, 0.15) is 51.9 Å². The minimum atomic E-state index is -0.539. The van der Waals surface area contributed by atoms with Crippen molar-refractivity contribution in [2.45, 2.75) is 57.5 Å². The summed E-state index contributed by atoms with van der Waals surface area (Å²) in [6.07, 6.45) is 9.92. The fourth-order valence-corrected chi connectivity index (χ4v) is 2.16. The Kier molecular flexibility index (Phi) is 3.98. The molecule has 13 heavy (non-hydrogen) atoms. The van der Waals surface area contributed by atoms with E-state index in [0.29, 0.717) is 0 Å². The highest BCUT2D eigenvalue weighted by molar-refractivity contribution is 4.98. The fraction of sp³-hybridized carbons (Fsp3) is 0.833. The normalized spacial score (nSPS) is 34.5. The fourth-order valence-electron chi connectivity index (χ4n) is 2.16. The van der Waals surface area contributed by atoms with E-state index in [2.05, 4.69) is 13.5 Å². The van der Waals surface area contributed by atoms with Crippen molar-refractivity contribution in [1.29, 1.82) is 0 Å². The van der Waals surface area contributed by atoms with Gasteiger partial charge in [-0.3, -0.25) is 0 Å². The van der Waals surface area contributed by atoms with Crippen LogP contribution < -0.4 is 0 Å². The van der Waals surface area contributed by atoms with Crippen LogP contribution in [0.3, 0.4) is 0 Å². The lowest BCUT2D eigenvalue weighted by molar-refractivity contribution is 0.0339. The van der Waals surface area contributed by atoms with Gasteiger partial charge in [-0.25, -0.2) is 0 Å². The maximum atomic E-state index is 9.91. The van der Waals surface area contributed by atoms with Crippen molar-refractivity contribution in [2.75, 3.05) is 0 Å². The minimum Gasteiger partial charge on any atom is -0.386 e. The molecular formula is C12H22O. The average molecular weight is 182 g/mol. The molecule has 1 nitrogen and oxygen atoms in total. The molecule has 76 valence electrons. The molecule has 1 N–H and O–H groups in total. The summed E-state index contributed by atoms with van der Waals surface area (Å²) in [6, 6.07) is 0. The van der Waals surface area contributed by atoms with Gasteiger partial charge in [0.2, 0.25) is 0 Å². The lowest BCUT2D eigenvalue weighted by Gasteiger charge is -2.33. The van der Waals surface area contributed by atoms with E-state index >= 15 is 0 Å². The Morgan fingerprint density at radius 3 is 2.54 bits per heavy atom. The van der Waals surface area contributed by atoms with E-state index in [4.69, 9.17) is 0 Å². The van der Waals surface area contributed by atoms with Crippen LogP contribution in [0.4, 0.5) is 0 Å². The average Bonchev–Trinajstić information content (AvgIpc) is 2.17. The van der Waals surface area contributed by atoms with Gasteiger partial charge in [0.25, 0.3) is 0 Å². The molecule has 1 fully saturated rings. The summed E-state index contributed by atoms with van der Waals surface area (Å²) in [5.74, 6) is 0.861. The van der Waals surface area contributed by atoms with Gasteiger partial charge in [0.1, 0.15) is 0 Å². The zero-order chi connectivity index (χ0) is 9.73. The van der Waals surface area contributed by atoms with Crippen molar-refractivity contribution < 1.29 is 5.11 Å². The molecule has 0 unspecified atom stereocenters. The quantitative estimate of drug-likeness (QED) is 0.661. The van der Waals surface area contributed by atoms with Crippen LogP contribution in [0, 0.1) is 5.92 Å². The van der Waals surface area contributed by atoms with Crippen molar-refractivity contribution in [3.05, 3.63) is 12.7 Å². The highest BCUT2D eigenvalue weighted by Gasteiger charge is 2.29. The zero-order valence-electron chi connectivity index (χ0n) is 8.76. The first kappa shape index (κ1) is 10.8. The Balaban J connectivity index is 2.26. The van der Waals surface area contributed by atoms with E-state index in [-0.39, 0.29) is 0 Å². The van der Waals surface area contributed by atoms with E-state index in [1.165, 1.54) is 32.1 Å². The predicted molar refractivity (Wildman–Crippen MR) is 56.6 cm³/mol. The van der Waals surface area contributed by atoms with Gasteiger partial charge < -0.3 is 5.11 Å². The summed E-state index contributed by atoms with van der Waals surface area (Å²) < 4.78 is 0. The molecule has 0 amide bonds. The molecule has 0 aromatic carbocycles. The van der Waals surface area contributed by atoms with Crippen molar-refractivity contribution in [1.82, 2.24) is 0 Å². The highest BCUT2D eigenvalue weighted by Crippen LogP contribution is 2.34. The molecule has 0 saturated heterocycles. The molecule has 0 aromatic rings. The second-order valence-corrected chi connectivity index (χ2v) is 4.39. The van der Waals surface area contributed by atoms with Gasteiger partial charge in [0.15, 0.2) is 0 Å². The molecule has 0 atom stereocenters. The van der Waals surface area contributed by atoms with Gasteiger partial charge in [-0.2, -0.15) is 0 Å². The zero-order valence-corrected chi connectivity index (χ0v) is 8.76. The highest BCUT2D eigenvalue weighted by atomic mass is 16.3. The molecule has 1 aliphatic carbocycles. The Morgan fingerprint density at radius 2 is 2.08 bits per heavy atom. The number of hydrogen-bond donors (Lipinski definition) is 1. The predicted octanol–water partition coefficient (Wildman–Crippen LogP) is 3.28. The van der Waals surface area contributed by atoms with Crippen LogP contribution in [-0.2, 0) is 0 Å². The molecule has 0 heterocycles. The second-order valence-electron chi connectivity index (χ2n) is 4.39. The number of hydrogen-bond acceptors (Lipinski definition) is 1. The van der Waals surface area contributed by atoms with Crippen molar-refractivity contribution in [2.24, 2.45) is 5.92 Å². The monoisotopic (exact) mass is 182 g/mol. The van der Waals surface area contributed by atoms with E-state index in [1.54, 1.807) is 6.08 Å². The summed E-state index contributed by atoms with van der Waals surface area (Å²) in [5, 5.41) is 9.91. The van der Waals surface area contributed by atoms with Gasteiger partial charge in [-0.05, 0) is 31.6 Å². The van der Waals surface area contributed by atoms with Gasteiger partial charge in [0.05, 0.1) is 5.60 Å². The third-order valence-electron chi connectivity index (χ3n) is 3.32. The maximum Gasteiger partial charge on any atom is 0.0825 e. The molecule has 1 heteroatoms. The Labute approximate surface area is 81.9 Å². The standard InChI is InChI=1S/C12H22O/c1-3-5-6-11-7-9-12(13,4-2)10-8-11/h4,11,13H,2-3,5-10H2,1H3. The summed E-state index contributed by atoms with van der Waals surface area (Å²) in [5.41, 5.74) is -0.539. The summed E-state index contributed by atoms with van der Waals surface area (Å²) >= 11 is 0. The first-order valence-corrected chi connectivity index (χ1v) is 5.56. The lowest BCUT2D eigenvalue weighted by Crippen LogP contribution is -2.31. The summed E-state index contributed by atoms with van der Waals surface area (Å²) in [4.78, 5) is 0. The molecule has 0 aliphatic heterocycles. The lowest BCUT2D eigenvalue weighted by atomic mass is 9.77. The molecule has 0 bridgehead atoms. The minimum absolute atomic E-state index is 0.539. The third kappa shape index (κ3) is 3.15. The Hall–Kier alpha value is -0.300. The molecule has 0 spiro atoms. The number of unbranched alkanes of at least 4 members (excludes halogenated alkanes) is 1. The van der Waals surface area contributed by atoms with Crippen LogP contribution in [0.15, 0.2) is 12.7 Å². The van der Waals surface area contributed by atoms with E-state index in [0.717, 1.165) is 18.8 Å². The Bertz CT molecular complexity index is 155. The molecular weight excluding hydrogens is 160 g/mol. The Morgan fingerprint density at radius 1 is 1.46 bits per heavy atom.